The Labute approximate surface area is 130 Å². The molecule has 1 amide bonds. The molecular weight excluding hydrogens is 280 g/mol. The predicted octanol–water partition coefficient (Wildman–Crippen LogP) is 3.68. The van der Waals surface area contributed by atoms with Crippen LogP contribution in [0.15, 0.2) is 36.0 Å². The van der Waals surface area contributed by atoms with Gasteiger partial charge in [0.05, 0.1) is 13.0 Å². The third-order valence-corrected chi connectivity index (χ3v) is 4.33. The van der Waals surface area contributed by atoms with Gasteiger partial charge < -0.3 is 4.90 Å². The molecule has 2 aromatic heterocycles. The molecule has 0 aromatic carbocycles. The maximum Gasteiger partial charge on any atom is 0.227 e. The van der Waals surface area contributed by atoms with Crippen LogP contribution in [0.1, 0.15) is 29.9 Å². The van der Waals surface area contributed by atoms with Crippen molar-refractivity contribution in [1.82, 2.24) is 9.88 Å². The molecule has 3 nitrogen and oxygen atoms in total. The van der Waals surface area contributed by atoms with Crippen molar-refractivity contribution >= 4 is 17.2 Å². The van der Waals surface area contributed by atoms with Gasteiger partial charge in [0.25, 0.3) is 0 Å². The predicted molar refractivity (Wildman–Crippen MR) is 87.3 cm³/mol. The number of hydrogen-bond donors (Lipinski definition) is 0. The van der Waals surface area contributed by atoms with Gasteiger partial charge in [0, 0.05) is 23.8 Å². The van der Waals surface area contributed by atoms with Gasteiger partial charge in [0.1, 0.15) is 0 Å². The lowest BCUT2D eigenvalue weighted by Gasteiger charge is -2.24. The van der Waals surface area contributed by atoms with Crippen LogP contribution in [0.25, 0.3) is 0 Å². The first-order valence-electron chi connectivity index (χ1n) is 7.26. The molecule has 0 radical (unpaired) electrons. The van der Waals surface area contributed by atoms with E-state index in [9.17, 15) is 4.79 Å². The van der Waals surface area contributed by atoms with E-state index >= 15 is 0 Å². The number of hydrogen-bond acceptors (Lipinski definition) is 3. The van der Waals surface area contributed by atoms with Gasteiger partial charge in [0.15, 0.2) is 0 Å². The third kappa shape index (κ3) is 4.67. The Balaban J connectivity index is 2.08. The van der Waals surface area contributed by atoms with Crippen molar-refractivity contribution in [1.29, 1.82) is 0 Å². The van der Waals surface area contributed by atoms with Crippen molar-refractivity contribution in [2.75, 3.05) is 6.54 Å². The molecule has 2 aromatic rings. The molecule has 0 bridgehead atoms. The molecular formula is C17H22N2OS. The summed E-state index contributed by atoms with van der Waals surface area (Å²) in [6.07, 6.45) is 3.92. The van der Waals surface area contributed by atoms with E-state index in [0.717, 1.165) is 12.1 Å². The zero-order valence-electron chi connectivity index (χ0n) is 12.9. The number of amides is 1. The second-order valence-electron chi connectivity index (χ2n) is 5.73. The summed E-state index contributed by atoms with van der Waals surface area (Å²) in [5.41, 5.74) is 2.24. The fourth-order valence-corrected chi connectivity index (χ4v) is 3.14. The van der Waals surface area contributed by atoms with E-state index < -0.39 is 0 Å². The fourth-order valence-electron chi connectivity index (χ4n) is 2.22. The monoisotopic (exact) mass is 302 g/mol. The summed E-state index contributed by atoms with van der Waals surface area (Å²) in [6, 6.07) is 5.94. The molecule has 0 N–H and O–H groups in total. The number of nitrogens with zero attached hydrogens (tertiary/aromatic N) is 2. The van der Waals surface area contributed by atoms with Gasteiger partial charge in [-0.25, -0.2) is 0 Å². The van der Waals surface area contributed by atoms with Crippen LogP contribution in [0.5, 0.6) is 0 Å². The maximum atomic E-state index is 12.6. The number of aryl methyl sites for hydroxylation is 1. The number of rotatable bonds is 6. The number of carbonyl (C=O) groups excluding carboxylic acids is 1. The Hall–Kier alpha value is -1.68. The molecule has 0 saturated carbocycles. The fraction of sp³-hybridized carbons (Fsp3) is 0.412. The van der Waals surface area contributed by atoms with E-state index in [1.165, 1.54) is 10.4 Å². The Morgan fingerprint density at radius 1 is 1.38 bits per heavy atom. The van der Waals surface area contributed by atoms with E-state index in [-0.39, 0.29) is 5.91 Å². The van der Waals surface area contributed by atoms with E-state index in [2.05, 4.69) is 37.2 Å². The quantitative estimate of drug-likeness (QED) is 0.815. The summed E-state index contributed by atoms with van der Waals surface area (Å²) >= 11 is 1.72. The average molecular weight is 302 g/mol. The van der Waals surface area contributed by atoms with Crippen LogP contribution in [0.2, 0.25) is 0 Å². The first kappa shape index (κ1) is 15.7. The SMILES string of the molecule is Cc1ccsc1CN(CC(C)C)C(=O)Cc1cccnc1. The Kier molecular flexibility index (Phi) is 5.51. The van der Waals surface area contributed by atoms with Gasteiger partial charge in [-0.05, 0) is 41.5 Å². The molecule has 2 heterocycles. The highest BCUT2D eigenvalue weighted by molar-refractivity contribution is 7.10. The first-order chi connectivity index (χ1) is 10.1. The summed E-state index contributed by atoms with van der Waals surface area (Å²) in [6.45, 7) is 7.89. The van der Waals surface area contributed by atoms with Crippen LogP contribution in [0, 0.1) is 12.8 Å². The van der Waals surface area contributed by atoms with Crippen molar-refractivity contribution in [3.63, 3.8) is 0 Å². The lowest BCUT2D eigenvalue weighted by atomic mass is 10.1. The molecule has 4 heteroatoms. The topological polar surface area (TPSA) is 33.2 Å². The maximum absolute atomic E-state index is 12.6. The van der Waals surface area contributed by atoms with Crippen LogP contribution < -0.4 is 0 Å². The summed E-state index contributed by atoms with van der Waals surface area (Å²) in [5.74, 6) is 0.632. The normalized spacial score (nSPS) is 10.9. The van der Waals surface area contributed by atoms with Crippen LogP contribution in [-0.4, -0.2) is 22.3 Å². The van der Waals surface area contributed by atoms with Gasteiger partial charge in [-0.1, -0.05) is 19.9 Å². The molecule has 0 saturated heterocycles. The van der Waals surface area contributed by atoms with Crippen molar-refractivity contribution in [3.8, 4) is 0 Å². The highest BCUT2D eigenvalue weighted by Crippen LogP contribution is 2.19. The van der Waals surface area contributed by atoms with Crippen LogP contribution >= 0.6 is 11.3 Å². The molecule has 0 unspecified atom stereocenters. The number of pyridine rings is 1. The summed E-state index contributed by atoms with van der Waals surface area (Å²) in [4.78, 5) is 19.9. The second kappa shape index (κ2) is 7.36. The van der Waals surface area contributed by atoms with Crippen LogP contribution in [-0.2, 0) is 17.8 Å². The minimum absolute atomic E-state index is 0.171. The second-order valence-corrected chi connectivity index (χ2v) is 6.73. The Morgan fingerprint density at radius 3 is 2.76 bits per heavy atom. The lowest BCUT2D eigenvalue weighted by molar-refractivity contribution is -0.131. The highest BCUT2D eigenvalue weighted by atomic mass is 32.1. The number of thiophene rings is 1. The van der Waals surface area contributed by atoms with Crippen molar-refractivity contribution in [3.05, 3.63) is 52.0 Å². The van der Waals surface area contributed by atoms with Gasteiger partial charge in [-0.15, -0.1) is 11.3 Å². The van der Waals surface area contributed by atoms with E-state index in [1.807, 2.05) is 17.0 Å². The molecule has 2 rings (SSSR count). The minimum Gasteiger partial charge on any atom is -0.337 e. The molecule has 0 aliphatic heterocycles. The van der Waals surface area contributed by atoms with Crippen molar-refractivity contribution < 1.29 is 4.79 Å². The molecule has 21 heavy (non-hydrogen) atoms. The summed E-state index contributed by atoms with van der Waals surface area (Å²) in [5, 5.41) is 2.09. The molecule has 0 atom stereocenters. The van der Waals surface area contributed by atoms with Crippen LogP contribution in [0.3, 0.4) is 0 Å². The highest BCUT2D eigenvalue weighted by Gasteiger charge is 2.17. The van der Waals surface area contributed by atoms with Gasteiger partial charge in [-0.2, -0.15) is 0 Å². The number of aromatic nitrogens is 1. The zero-order chi connectivity index (χ0) is 15.2. The summed E-state index contributed by atoms with van der Waals surface area (Å²) < 4.78 is 0. The van der Waals surface area contributed by atoms with E-state index in [1.54, 1.807) is 23.7 Å². The first-order valence-corrected chi connectivity index (χ1v) is 8.14. The molecule has 0 aliphatic rings. The average Bonchev–Trinajstić information content (AvgIpc) is 2.84. The molecule has 112 valence electrons. The minimum atomic E-state index is 0.171. The largest absolute Gasteiger partial charge is 0.337 e. The van der Waals surface area contributed by atoms with Crippen LogP contribution in [0.4, 0.5) is 0 Å². The standard InChI is InChI=1S/C17H22N2OS/c1-13(2)11-19(12-16-14(3)6-8-21-16)17(20)9-15-5-4-7-18-10-15/h4-8,10,13H,9,11-12H2,1-3H3. The summed E-state index contributed by atoms with van der Waals surface area (Å²) in [7, 11) is 0. The van der Waals surface area contributed by atoms with E-state index in [0.29, 0.717) is 18.9 Å². The Bertz CT molecular complexity index is 577. The number of carbonyl (C=O) groups is 1. The Morgan fingerprint density at radius 2 is 2.19 bits per heavy atom. The lowest BCUT2D eigenvalue weighted by Crippen LogP contribution is -2.34. The zero-order valence-corrected chi connectivity index (χ0v) is 13.7. The smallest absolute Gasteiger partial charge is 0.227 e. The van der Waals surface area contributed by atoms with Gasteiger partial charge in [-0.3, -0.25) is 9.78 Å². The molecule has 0 aliphatic carbocycles. The van der Waals surface area contributed by atoms with Crippen molar-refractivity contribution in [2.45, 2.75) is 33.7 Å². The molecule has 0 spiro atoms. The van der Waals surface area contributed by atoms with E-state index in [4.69, 9.17) is 0 Å². The van der Waals surface area contributed by atoms with Crippen molar-refractivity contribution in [2.24, 2.45) is 5.92 Å². The third-order valence-electron chi connectivity index (χ3n) is 3.32. The van der Waals surface area contributed by atoms with Gasteiger partial charge >= 0.3 is 0 Å². The molecule has 0 fully saturated rings. The van der Waals surface area contributed by atoms with Gasteiger partial charge in [0.2, 0.25) is 5.91 Å².